The van der Waals surface area contributed by atoms with E-state index in [9.17, 15) is 13.2 Å². The Hall–Kier alpha value is -2.38. The molecule has 0 spiro atoms. The van der Waals surface area contributed by atoms with Gasteiger partial charge in [-0.05, 0) is 36.4 Å². The lowest BCUT2D eigenvalue weighted by Crippen LogP contribution is -2.22. The maximum absolute atomic E-state index is 12.1. The molecule has 6 nitrogen and oxygen atoms in total. The van der Waals surface area contributed by atoms with Crippen molar-refractivity contribution in [2.75, 3.05) is 11.2 Å². The van der Waals surface area contributed by atoms with Crippen LogP contribution in [0.3, 0.4) is 0 Å². The fraction of sp³-hybridized carbons (Fsp3) is 0.125. The van der Waals surface area contributed by atoms with Gasteiger partial charge in [-0.3, -0.25) is 5.43 Å². The molecule has 3 rings (SSSR count). The van der Waals surface area contributed by atoms with Gasteiger partial charge in [0.1, 0.15) is 0 Å². The van der Waals surface area contributed by atoms with E-state index >= 15 is 0 Å². The van der Waals surface area contributed by atoms with Crippen LogP contribution in [0.4, 0.5) is 5.69 Å². The van der Waals surface area contributed by atoms with Gasteiger partial charge in [-0.2, -0.15) is 5.10 Å². The van der Waals surface area contributed by atoms with Crippen molar-refractivity contribution in [2.24, 2.45) is 5.10 Å². The number of nitrogens with one attached hydrogen (secondary N) is 1. The molecule has 0 saturated heterocycles. The van der Waals surface area contributed by atoms with E-state index in [4.69, 9.17) is 16.7 Å². The van der Waals surface area contributed by atoms with E-state index in [1.54, 1.807) is 18.2 Å². The average molecular weight is 365 g/mol. The number of fused-ring (bicyclic) bond motifs is 1. The minimum atomic E-state index is -3.34. The topological polar surface area (TPSA) is 95.8 Å². The Balaban J connectivity index is 1.96. The number of hydrogen-bond donors (Lipinski definition) is 2. The zero-order valence-corrected chi connectivity index (χ0v) is 13.9. The Morgan fingerprint density at radius 1 is 1.21 bits per heavy atom. The molecule has 0 aromatic heterocycles. The highest BCUT2D eigenvalue weighted by Crippen LogP contribution is 2.28. The van der Waals surface area contributed by atoms with Crippen molar-refractivity contribution in [3.05, 3.63) is 58.6 Å². The van der Waals surface area contributed by atoms with Gasteiger partial charge in [0.25, 0.3) is 0 Å². The number of hydrogen-bond acceptors (Lipinski definition) is 5. The van der Waals surface area contributed by atoms with E-state index in [0.717, 1.165) is 0 Å². The van der Waals surface area contributed by atoms with Crippen LogP contribution in [0.1, 0.15) is 22.3 Å². The second kappa shape index (κ2) is 6.26. The number of halogens is 1. The van der Waals surface area contributed by atoms with Crippen LogP contribution < -0.4 is 5.43 Å². The zero-order valence-electron chi connectivity index (χ0n) is 12.4. The molecule has 0 saturated carbocycles. The Morgan fingerprint density at radius 3 is 2.75 bits per heavy atom. The molecule has 124 valence electrons. The Bertz CT molecular complexity index is 954. The van der Waals surface area contributed by atoms with Crippen molar-refractivity contribution in [1.29, 1.82) is 0 Å². The molecule has 1 aliphatic heterocycles. The van der Waals surface area contributed by atoms with Gasteiger partial charge in [0.15, 0.2) is 9.84 Å². The van der Waals surface area contributed by atoms with Gasteiger partial charge < -0.3 is 5.11 Å². The van der Waals surface area contributed by atoms with Crippen molar-refractivity contribution < 1.29 is 18.3 Å². The van der Waals surface area contributed by atoms with Gasteiger partial charge in [-0.15, -0.1) is 0 Å². The van der Waals surface area contributed by atoms with Gasteiger partial charge in [0, 0.05) is 17.0 Å². The lowest BCUT2D eigenvalue weighted by molar-refractivity contribution is 0.0697. The third kappa shape index (κ3) is 3.27. The number of sulfone groups is 1. The van der Waals surface area contributed by atoms with Crippen molar-refractivity contribution in [3.63, 3.8) is 0 Å². The van der Waals surface area contributed by atoms with Crippen LogP contribution in [0.2, 0.25) is 5.02 Å². The molecule has 1 heterocycles. The smallest absolute Gasteiger partial charge is 0.335 e. The normalized spacial score (nSPS) is 17.3. The predicted molar refractivity (Wildman–Crippen MR) is 91.7 cm³/mol. The number of anilines is 1. The molecule has 2 aromatic carbocycles. The molecule has 0 radical (unpaired) electrons. The van der Waals surface area contributed by atoms with Crippen molar-refractivity contribution in [3.8, 4) is 0 Å². The quantitative estimate of drug-likeness (QED) is 0.816. The second-order valence-electron chi connectivity index (χ2n) is 5.27. The summed E-state index contributed by atoms with van der Waals surface area (Å²) in [5.74, 6) is -1.07. The number of rotatable bonds is 3. The highest BCUT2D eigenvalue weighted by Gasteiger charge is 2.27. The van der Waals surface area contributed by atoms with E-state index in [0.29, 0.717) is 22.0 Å². The number of carboxylic acid groups (broad SMARTS) is 1. The number of nitrogens with zero attached hydrogens (tertiary/aromatic N) is 1. The zero-order chi connectivity index (χ0) is 17.3. The number of benzene rings is 2. The maximum Gasteiger partial charge on any atom is 0.335 e. The van der Waals surface area contributed by atoms with E-state index in [1.807, 2.05) is 0 Å². The lowest BCUT2D eigenvalue weighted by Gasteiger charge is -2.18. The largest absolute Gasteiger partial charge is 0.478 e. The molecule has 0 aliphatic carbocycles. The molecular weight excluding hydrogens is 352 g/mol. The molecule has 1 aliphatic rings. The van der Waals surface area contributed by atoms with Crippen LogP contribution in [-0.4, -0.2) is 31.0 Å². The standard InChI is InChI=1S/C16H13ClN2O4S/c17-11-4-5-15-13(9-11)14(6-7-24(15,22)23)19-18-12-3-1-2-10(8-12)16(20)21/h1-5,8-9,18H,6-7H2,(H,20,21). The van der Waals surface area contributed by atoms with Gasteiger partial charge in [0.2, 0.25) is 0 Å². The number of carbonyl (C=O) groups is 1. The SMILES string of the molecule is O=C(O)c1cccc(NN=C2CCS(=O)(=O)c3ccc(Cl)cc32)c1. The number of aromatic carboxylic acids is 1. The number of carboxylic acids is 1. The highest BCUT2D eigenvalue weighted by atomic mass is 35.5. The van der Waals surface area contributed by atoms with Gasteiger partial charge >= 0.3 is 5.97 Å². The van der Waals surface area contributed by atoms with E-state index in [-0.39, 0.29) is 22.6 Å². The lowest BCUT2D eigenvalue weighted by atomic mass is 10.1. The van der Waals surface area contributed by atoms with Gasteiger partial charge in [-0.25, -0.2) is 13.2 Å². The summed E-state index contributed by atoms with van der Waals surface area (Å²) in [6.07, 6.45) is 0.251. The summed E-state index contributed by atoms with van der Waals surface area (Å²) >= 11 is 5.97. The number of hydrazone groups is 1. The van der Waals surface area contributed by atoms with E-state index < -0.39 is 15.8 Å². The molecule has 24 heavy (non-hydrogen) atoms. The minimum absolute atomic E-state index is 0.0304. The third-order valence-electron chi connectivity index (χ3n) is 3.62. The fourth-order valence-electron chi connectivity index (χ4n) is 2.44. The summed E-state index contributed by atoms with van der Waals surface area (Å²) in [5.41, 5.74) is 4.44. The first-order valence-corrected chi connectivity index (χ1v) is 9.08. The molecule has 0 fully saturated rings. The van der Waals surface area contributed by atoms with Crippen molar-refractivity contribution >= 4 is 38.8 Å². The first kappa shape index (κ1) is 16.5. The summed E-state index contributed by atoms with van der Waals surface area (Å²) in [6.45, 7) is 0. The Kier molecular flexibility index (Phi) is 4.29. The summed E-state index contributed by atoms with van der Waals surface area (Å²) < 4.78 is 24.3. The molecule has 2 N–H and O–H groups in total. The van der Waals surface area contributed by atoms with Crippen LogP contribution in [0.25, 0.3) is 0 Å². The molecule has 0 atom stereocenters. The fourth-order valence-corrected chi connectivity index (χ4v) is 4.09. The molecule has 0 unspecified atom stereocenters. The maximum atomic E-state index is 12.1. The second-order valence-corrected chi connectivity index (χ2v) is 7.78. The minimum Gasteiger partial charge on any atom is -0.478 e. The molecule has 8 heteroatoms. The first-order chi connectivity index (χ1) is 11.4. The van der Waals surface area contributed by atoms with E-state index in [2.05, 4.69) is 10.5 Å². The van der Waals surface area contributed by atoms with Crippen LogP contribution in [-0.2, 0) is 9.84 Å². The summed E-state index contributed by atoms with van der Waals surface area (Å²) in [4.78, 5) is 11.2. The Morgan fingerprint density at radius 2 is 2.00 bits per heavy atom. The molecular formula is C16H13ClN2O4S. The molecule has 0 bridgehead atoms. The molecule has 0 amide bonds. The summed E-state index contributed by atoms with van der Waals surface area (Å²) in [6, 6.07) is 10.8. The third-order valence-corrected chi connectivity index (χ3v) is 5.63. The van der Waals surface area contributed by atoms with Crippen molar-refractivity contribution in [2.45, 2.75) is 11.3 Å². The predicted octanol–water partition coefficient (Wildman–Crippen LogP) is 3.03. The van der Waals surface area contributed by atoms with Gasteiger partial charge in [0.05, 0.1) is 27.6 Å². The average Bonchev–Trinajstić information content (AvgIpc) is 2.54. The van der Waals surface area contributed by atoms with Crippen molar-refractivity contribution in [1.82, 2.24) is 0 Å². The highest BCUT2D eigenvalue weighted by molar-refractivity contribution is 7.91. The Labute approximate surface area is 143 Å². The van der Waals surface area contributed by atoms with Gasteiger partial charge in [-0.1, -0.05) is 17.7 Å². The van der Waals surface area contributed by atoms with Crippen LogP contribution in [0, 0.1) is 0 Å². The first-order valence-electron chi connectivity index (χ1n) is 7.05. The van der Waals surface area contributed by atoms with Crippen LogP contribution in [0.15, 0.2) is 52.5 Å². The summed E-state index contributed by atoms with van der Waals surface area (Å²) in [7, 11) is -3.34. The van der Waals surface area contributed by atoms with Crippen LogP contribution >= 0.6 is 11.6 Å². The van der Waals surface area contributed by atoms with Crippen LogP contribution in [0.5, 0.6) is 0 Å². The van der Waals surface area contributed by atoms with E-state index in [1.165, 1.54) is 24.3 Å². The molecule has 2 aromatic rings. The monoisotopic (exact) mass is 364 g/mol. The summed E-state index contributed by atoms with van der Waals surface area (Å²) in [5, 5.41) is 13.7.